The Labute approximate surface area is 126 Å². The Kier molecular flexibility index (Phi) is 6.06. The fraction of sp³-hybridized carbons (Fsp3) is 0.200. The molecule has 0 aromatic heterocycles. The van der Waals surface area contributed by atoms with Crippen molar-refractivity contribution in [3.05, 3.63) is 29.3 Å². The van der Waals surface area contributed by atoms with E-state index in [1.54, 1.807) is 0 Å². The first kappa shape index (κ1) is 19.8. The largest absolute Gasteiger partial charge is 1.00 e. The van der Waals surface area contributed by atoms with Crippen molar-refractivity contribution in [1.82, 2.24) is 0 Å². The van der Waals surface area contributed by atoms with Crippen molar-refractivity contribution in [2.75, 3.05) is 0 Å². The highest BCUT2D eigenvalue weighted by Gasteiger charge is 2.37. The van der Waals surface area contributed by atoms with Gasteiger partial charge >= 0.3 is 18.3 Å². The second-order valence-electron chi connectivity index (χ2n) is 3.84. The van der Waals surface area contributed by atoms with Gasteiger partial charge in [0.2, 0.25) is 0 Å². The molecule has 22 heavy (non-hydrogen) atoms. The molecule has 12 heteroatoms. The highest BCUT2D eigenvalue weighted by atomic mass is 35.5. The molecule has 0 aliphatic rings. The number of nitrogens with one attached hydrogen (secondary N) is 1. The molecule has 7 N–H and O–H groups in total. The minimum absolute atomic E-state index is 0. The Hall–Kier alpha value is -2.17. The van der Waals surface area contributed by atoms with E-state index >= 15 is 0 Å². The van der Waals surface area contributed by atoms with Crippen molar-refractivity contribution in [3.8, 4) is 0 Å². The Morgan fingerprint density at radius 1 is 0.864 bits per heavy atom. The maximum Gasteiger partial charge on any atom is 0.416 e. The number of guanidine groups is 2. The van der Waals surface area contributed by atoms with Crippen molar-refractivity contribution >= 4 is 17.6 Å². The van der Waals surface area contributed by atoms with Crippen molar-refractivity contribution in [2.45, 2.75) is 12.4 Å². The smallest absolute Gasteiger partial charge is 0.416 e. The van der Waals surface area contributed by atoms with E-state index in [1.807, 2.05) is 4.99 Å². The van der Waals surface area contributed by atoms with Gasteiger partial charge in [0.25, 0.3) is 5.96 Å². The van der Waals surface area contributed by atoms with E-state index in [4.69, 9.17) is 17.2 Å². The molecule has 0 bridgehead atoms. The fourth-order valence-electron chi connectivity index (χ4n) is 1.32. The lowest BCUT2D eigenvalue weighted by atomic mass is 10.1. The second-order valence-corrected chi connectivity index (χ2v) is 3.84. The predicted octanol–water partition coefficient (Wildman–Crippen LogP) is -2.97. The fourth-order valence-corrected chi connectivity index (χ4v) is 1.32. The normalized spacial score (nSPS) is 12.5. The number of halogens is 7. The summed E-state index contributed by atoms with van der Waals surface area (Å²) in [6.07, 6.45) is -9.93. The van der Waals surface area contributed by atoms with E-state index in [2.05, 4.69) is 4.99 Å². The molecule has 1 rings (SSSR count). The molecule has 5 nitrogen and oxygen atoms in total. The third kappa shape index (κ3) is 5.68. The number of aliphatic imine (C=N–C) groups is 1. The molecule has 0 radical (unpaired) electrons. The van der Waals surface area contributed by atoms with Gasteiger partial charge < -0.3 is 29.6 Å². The zero-order chi connectivity index (χ0) is 16.4. The third-order valence-corrected chi connectivity index (χ3v) is 2.09. The van der Waals surface area contributed by atoms with Gasteiger partial charge in [0.1, 0.15) is 5.69 Å². The van der Waals surface area contributed by atoms with Crippen LogP contribution in [-0.4, -0.2) is 11.9 Å². The van der Waals surface area contributed by atoms with Gasteiger partial charge in [-0.05, 0) is 18.2 Å². The zero-order valence-corrected chi connectivity index (χ0v) is 11.3. The summed E-state index contributed by atoms with van der Waals surface area (Å²) >= 11 is 0. The van der Waals surface area contributed by atoms with E-state index in [0.717, 1.165) is 0 Å². The van der Waals surface area contributed by atoms with Crippen LogP contribution >= 0.6 is 0 Å². The molecular weight excluding hydrogens is 340 g/mol. The Morgan fingerprint density at radius 3 is 1.59 bits per heavy atom. The van der Waals surface area contributed by atoms with Gasteiger partial charge in [-0.2, -0.15) is 26.3 Å². The van der Waals surface area contributed by atoms with E-state index in [-0.39, 0.29) is 18.5 Å². The summed E-state index contributed by atoms with van der Waals surface area (Å²) in [5.41, 5.74) is 11.6. The van der Waals surface area contributed by atoms with Crippen LogP contribution in [0.15, 0.2) is 23.2 Å². The van der Waals surface area contributed by atoms with Crippen LogP contribution in [0.25, 0.3) is 0 Å². The second kappa shape index (κ2) is 6.73. The maximum atomic E-state index is 12.6. The molecule has 0 unspecified atom stereocenters. The first-order valence-corrected chi connectivity index (χ1v) is 5.18. The molecule has 0 aliphatic heterocycles. The van der Waals surface area contributed by atoms with Crippen molar-refractivity contribution in [2.24, 2.45) is 22.2 Å². The van der Waals surface area contributed by atoms with Crippen LogP contribution in [-0.2, 0) is 12.4 Å². The number of nitrogens with two attached hydrogens (primary N) is 3. The van der Waals surface area contributed by atoms with Gasteiger partial charge in [-0.25, -0.2) is 4.99 Å². The Balaban J connectivity index is 0.00000441. The summed E-state index contributed by atoms with van der Waals surface area (Å²) < 4.78 is 75.5. The minimum Gasteiger partial charge on any atom is -1.00 e. The topological polar surface area (TPSA) is 104 Å². The lowest BCUT2D eigenvalue weighted by Crippen LogP contribution is -3.00. The van der Waals surface area contributed by atoms with Crippen LogP contribution in [0.4, 0.5) is 32.0 Å². The van der Waals surface area contributed by atoms with E-state index in [9.17, 15) is 26.3 Å². The Morgan fingerprint density at radius 2 is 1.27 bits per heavy atom. The number of hydrogen-bond acceptors (Lipinski definition) is 1. The van der Waals surface area contributed by atoms with Gasteiger partial charge in [0.15, 0.2) is 0 Å². The SMILES string of the molecule is NC(=Nc1cc(C(F)(F)F)cc(C(F)(F)F)c1)[NH+]=C(N)N.[Cl-]. The summed E-state index contributed by atoms with van der Waals surface area (Å²) in [7, 11) is 0. The monoisotopic (exact) mass is 349 g/mol. The van der Waals surface area contributed by atoms with Crippen LogP contribution in [0.2, 0.25) is 0 Å². The molecule has 1 aromatic carbocycles. The zero-order valence-electron chi connectivity index (χ0n) is 10.6. The summed E-state index contributed by atoms with van der Waals surface area (Å²) in [6.45, 7) is 0. The van der Waals surface area contributed by atoms with Gasteiger partial charge in [-0.1, -0.05) is 0 Å². The molecule has 0 amide bonds. The predicted molar refractivity (Wildman–Crippen MR) is 62.1 cm³/mol. The standard InChI is InChI=1S/C10H9F6N5.ClH/c11-9(12,13)4-1-5(10(14,15)16)3-6(2-4)20-8(19)21-7(17)18;/h1-3H,(H6,17,18,19,20,21);1H. The highest BCUT2D eigenvalue weighted by molar-refractivity contribution is 5.79. The number of nitrogens with zero attached hydrogens (tertiary/aromatic N) is 1. The van der Waals surface area contributed by atoms with E-state index in [1.165, 1.54) is 0 Å². The molecule has 124 valence electrons. The number of alkyl halides is 6. The summed E-state index contributed by atoms with van der Waals surface area (Å²) in [5, 5.41) is 0. The Bertz CT molecular complexity index is 556. The van der Waals surface area contributed by atoms with Crippen LogP contribution in [0.5, 0.6) is 0 Å². The molecule has 0 atom stereocenters. The molecular formula is C10H10ClF6N5. The molecule has 0 fully saturated rings. The molecule has 0 heterocycles. The number of rotatable bonds is 1. The van der Waals surface area contributed by atoms with Gasteiger partial charge in [-0.3, -0.25) is 0 Å². The van der Waals surface area contributed by atoms with Crippen LogP contribution in [0.1, 0.15) is 11.1 Å². The lowest BCUT2D eigenvalue weighted by molar-refractivity contribution is -0.320. The molecule has 0 saturated carbocycles. The van der Waals surface area contributed by atoms with Gasteiger partial charge in [0.05, 0.1) is 11.1 Å². The lowest BCUT2D eigenvalue weighted by Gasteiger charge is -2.11. The van der Waals surface area contributed by atoms with Crippen LogP contribution in [0.3, 0.4) is 0 Å². The molecule has 0 aliphatic carbocycles. The quantitative estimate of drug-likeness (QED) is 0.247. The van der Waals surface area contributed by atoms with Gasteiger partial charge in [-0.15, -0.1) is 4.99 Å². The first-order chi connectivity index (χ1) is 9.39. The third-order valence-electron chi connectivity index (χ3n) is 2.09. The van der Waals surface area contributed by atoms with E-state index in [0.29, 0.717) is 12.1 Å². The summed E-state index contributed by atoms with van der Waals surface area (Å²) in [4.78, 5) is 5.40. The molecule has 0 saturated heterocycles. The summed E-state index contributed by atoms with van der Waals surface area (Å²) in [6, 6.07) is 0.805. The molecule has 0 spiro atoms. The average molecular weight is 350 g/mol. The van der Waals surface area contributed by atoms with Crippen molar-refractivity contribution in [3.63, 3.8) is 0 Å². The highest BCUT2D eigenvalue weighted by Crippen LogP contribution is 2.38. The van der Waals surface area contributed by atoms with Crippen LogP contribution < -0.4 is 34.6 Å². The first-order valence-electron chi connectivity index (χ1n) is 5.18. The molecule has 1 aromatic rings. The van der Waals surface area contributed by atoms with Gasteiger partial charge in [0, 0.05) is 0 Å². The van der Waals surface area contributed by atoms with E-state index < -0.39 is 41.1 Å². The van der Waals surface area contributed by atoms with Crippen LogP contribution in [0, 0.1) is 0 Å². The van der Waals surface area contributed by atoms with Crippen molar-refractivity contribution in [1.29, 1.82) is 0 Å². The average Bonchev–Trinajstić information content (AvgIpc) is 2.24. The van der Waals surface area contributed by atoms with Crippen molar-refractivity contribution < 1.29 is 43.7 Å². The summed E-state index contributed by atoms with van der Waals surface area (Å²) in [5.74, 6) is -0.971. The maximum absolute atomic E-state index is 12.6. The number of hydrogen-bond donors (Lipinski definition) is 4. The number of benzene rings is 1. The minimum atomic E-state index is -4.97.